The summed E-state index contributed by atoms with van der Waals surface area (Å²) in [6.07, 6.45) is 0.453. The third kappa shape index (κ3) is 2.83. The molecule has 1 saturated heterocycles. The first-order valence-corrected chi connectivity index (χ1v) is 9.43. The number of anilines is 1. The number of carbonyl (C=O) groups is 1. The van der Waals surface area contributed by atoms with E-state index < -0.39 is 9.84 Å². The maximum atomic E-state index is 12.4. The summed E-state index contributed by atoms with van der Waals surface area (Å²) in [4.78, 5) is 13.9. The Hall–Kier alpha value is -1.59. The minimum absolute atomic E-state index is 0.00114. The summed E-state index contributed by atoms with van der Waals surface area (Å²) in [5, 5.41) is 1.93. The number of amides is 1. The van der Waals surface area contributed by atoms with Gasteiger partial charge in [-0.15, -0.1) is 11.6 Å². The van der Waals surface area contributed by atoms with E-state index in [2.05, 4.69) is 0 Å². The molecule has 0 bridgehead atoms. The van der Waals surface area contributed by atoms with Gasteiger partial charge in [-0.05, 0) is 17.9 Å². The van der Waals surface area contributed by atoms with Crippen molar-refractivity contribution >= 4 is 43.8 Å². The first-order chi connectivity index (χ1) is 10.5. The molecule has 1 heterocycles. The zero-order chi connectivity index (χ0) is 15.7. The van der Waals surface area contributed by atoms with E-state index in [1.807, 2.05) is 42.5 Å². The molecule has 0 spiro atoms. The number of hydrogen-bond acceptors (Lipinski definition) is 3. The fourth-order valence-corrected chi connectivity index (χ4v) is 4.83. The van der Waals surface area contributed by atoms with Gasteiger partial charge >= 0.3 is 0 Å². The molecule has 22 heavy (non-hydrogen) atoms. The Morgan fingerprint density at radius 2 is 1.91 bits per heavy atom. The van der Waals surface area contributed by atoms with Gasteiger partial charge in [-0.1, -0.05) is 36.4 Å². The fraction of sp³-hybridized carbons (Fsp3) is 0.312. The molecule has 0 N–H and O–H groups in total. The Labute approximate surface area is 134 Å². The number of benzene rings is 2. The number of carbonyl (C=O) groups excluding carboxylic acids is 1. The summed E-state index contributed by atoms with van der Waals surface area (Å²) in [5.74, 6) is -0.312. The zero-order valence-corrected chi connectivity index (χ0v) is 13.5. The molecule has 1 atom stereocenters. The Morgan fingerprint density at radius 3 is 2.59 bits per heavy atom. The lowest BCUT2D eigenvalue weighted by Crippen LogP contribution is -2.42. The minimum atomic E-state index is -3.08. The molecule has 0 unspecified atom stereocenters. The molecule has 2 aromatic rings. The second-order valence-corrected chi connectivity index (χ2v) is 7.95. The molecule has 116 valence electrons. The van der Waals surface area contributed by atoms with Crippen LogP contribution in [0.4, 0.5) is 5.69 Å². The lowest BCUT2D eigenvalue weighted by atomic mass is 10.1. The van der Waals surface area contributed by atoms with Crippen LogP contribution < -0.4 is 4.90 Å². The molecule has 2 aromatic carbocycles. The highest BCUT2D eigenvalue weighted by atomic mass is 35.5. The molecule has 0 aromatic heterocycles. The SMILES string of the molecule is O=C(CCl)N(c1cccc2ccccc12)[C@H]1CCS(=O)(=O)C1. The maximum absolute atomic E-state index is 12.4. The van der Waals surface area contributed by atoms with Crippen LogP contribution in [-0.2, 0) is 14.6 Å². The summed E-state index contributed by atoms with van der Waals surface area (Å²) < 4.78 is 23.6. The zero-order valence-electron chi connectivity index (χ0n) is 11.9. The average molecular weight is 338 g/mol. The number of fused-ring (bicyclic) bond motifs is 1. The van der Waals surface area contributed by atoms with Crippen molar-refractivity contribution in [3.8, 4) is 0 Å². The van der Waals surface area contributed by atoms with Crippen LogP contribution in [0.3, 0.4) is 0 Å². The Bertz CT molecular complexity index is 814. The van der Waals surface area contributed by atoms with Gasteiger partial charge in [0.1, 0.15) is 5.88 Å². The monoisotopic (exact) mass is 337 g/mol. The van der Waals surface area contributed by atoms with E-state index in [-0.39, 0.29) is 29.3 Å². The van der Waals surface area contributed by atoms with Crippen molar-refractivity contribution in [3.63, 3.8) is 0 Å². The summed E-state index contributed by atoms with van der Waals surface area (Å²) in [5.41, 5.74) is 0.728. The van der Waals surface area contributed by atoms with E-state index in [4.69, 9.17) is 11.6 Å². The molecule has 0 aliphatic carbocycles. The van der Waals surface area contributed by atoms with Crippen LogP contribution in [-0.4, -0.2) is 37.8 Å². The van der Waals surface area contributed by atoms with Crippen LogP contribution in [0.15, 0.2) is 42.5 Å². The first kappa shape index (κ1) is 15.3. The number of halogens is 1. The molecule has 6 heteroatoms. The predicted molar refractivity (Wildman–Crippen MR) is 89.2 cm³/mol. The molecule has 1 fully saturated rings. The second-order valence-electron chi connectivity index (χ2n) is 5.45. The number of hydrogen-bond donors (Lipinski definition) is 0. The van der Waals surface area contributed by atoms with E-state index in [0.717, 1.165) is 16.5 Å². The molecular weight excluding hydrogens is 322 g/mol. The van der Waals surface area contributed by atoms with Crippen molar-refractivity contribution in [1.82, 2.24) is 0 Å². The molecule has 1 aliphatic heterocycles. The standard InChI is InChI=1S/C16H16ClNO3S/c17-10-16(19)18(13-8-9-22(20,21)11-13)15-7-3-5-12-4-1-2-6-14(12)15/h1-7,13H,8-11H2/t13-/m0/s1. The molecule has 3 rings (SSSR count). The van der Waals surface area contributed by atoms with Crippen molar-refractivity contribution in [3.05, 3.63) is 42.5 Å². The Balaban J connectivity index is 2.11. The van der Waals surface area contributed by atoms with Crippen molar-refractivity contribution in [1.29, 1.82) is 0 Å². The van der Waals surface area contributed by atoms with Crippen LogP contribution in [0.2, 0.25) is 0 Å². The summed E-state index contributed by atoms with van der Waals surface area (Å²) in [7, 11) is -3.08. The molecule has 0 radical (unpaired) electrons. The van der Waals surface area contributed by atoms with Crippen LogP contribution in [0.25, 0.3) is 10.8 Å². The highest BCUT2D eigenvalue weighted by Crippen LogP contribution is 2.31. The molecule has 1 aliphatic rings. The highest BCUT2D eigenvalue weighted by molar-refractivity contribution is 7.91. The minimum Gasteiger partial charge on any atom is -0.307 e. The molecule has 0 saturated carbocycles. The van der Waals surface area contributed by atoms with E-state index in [1.165, 1.54) is 0 Å². The lowest BCUT2D eigenvalue weighted by Gasteiger charge is -2.29. The van der Waals surface area contributed by atoms with Gasteiger partial charge in [0, 0.05) is 5.39 Å². The molecular formula is C16H16ClNO3S. The largest absolute Gasteiger partial charge is 0.307 e. The van der Waals surface area contributed by atoms with Gasteiger partial charge in [-0.3, -0.25) is 4.79 Å². The third-order valence-electron chi connectivity index (χ3n) is 3.98. The number of rotatable bonds is 3. The van der Waals surface area contributed by atoms with Gasteiger partial charge in [0.25, 0.3) is 0 Å². The van der Waals surface area contributed by atoms with Crippen molar-refractivity contribution in [2.45, 2.75) is 12.5 Å². The Kier molecular flexibility index (Phi) is 4.10. The maximum Gasteiger partial charge on any atom is 0.242 e. The van der Waals surface area contributed by atoms with Gasteiger partial charge in [0.15, 0.2) is 9.84 Å². The highest BCUT2D eigenvalue weighted by Gasteiger charge is 2.35. The van der Waals surface area contributed by atoms with Gasteiger partial charge in [0.05, 0.1) is 23.2 Å². The van der Waals surface area contributed by atoms with E-state index >= 15 is 0 Å². The average Bonchev–Trinajstić information content (AvgIpc) is 2.87. The van der Waals surface area contributed by atoms with Crippen LogP contribution in [0.5, 0.6) is 0 Å². The lowest BCUT2D eigenvalue weighted by molar-refractivity contribution is -0.116. The van der Waals surface area contributed by atoms with Crippen molar-refractivity contribution < 1.29 is 13.2 Å². The van der Waals surface area contributed by atoms with Gasteiger partial charge in [-0.25, -0.2) is 8.42 Å². The number of sulfone groups is 1. The van der Waals surface area contributed by atoms with Crippen molar-refractivity contribution in [2.75, 3.05) is 22.3 Å². The van der Waals surface area contributed by atoms with Crippen molar-refractivity contribution in [2.24, 2.45) is 0 Å². The summed E-state index contributed by atoms with van der Waals surface area (Å²) >= 11 is 5.76. The van der Waals surface area contributed by atoms with Gasteiger partial charge in [0.2, 0.25) is 5.91 Å². The normalized spacial score (nSPS) is 20.1. The third-order valence-corrected chi connectivity index (χ3v) is 5.96. The van der Waals surface area contributed by atoms with Gasteiger partial charge in [-0.2, -0.15) is 0 Å². The number of alkyl halides is 1. The topological polar surface area (TPSA) is 54.5 Å². The van der Waals surface area contributed by atoms with Crippen LogP contribution in [0, 0.1) is 0 Å². The smallest absolute Gasteiger partial charge is 0.242 e. The predicted octanol–water partition coefficient (Wildman–Crippen LogP) is 2.60. The van der Waals surface area contributed by atoms with Crippen LogP contribution in [0.1, 0.15) is 6.42 Å². The van der Waals surface area contributed by atoms with Crippen LogP contribution >= 0.6 is 11.6 Å². The van der Waals surface area contributed by atoms with E-state index in [9.17, 15) is 13.2 Å². The quantitative estimate of drug-likeness (QED) is 0.809. The molecule has 4 nitrogen and oxygen atoms in total. The first-order valence-electron chi connectivity index (χ1n) is 7.08. The van der Waals surface area contributed by atoms with E-state index in [0.29, 0.717) is 6.42 Å². The van der Waals surface area contributed by atoms with Gasteiger partial charge < -0.3 is 4.90 Å². The summed E-state index contributed by atoms with van der Waals surface area (Å²) in [6, 6.07) is 13.1. The molecule has 1 amide bonds. The van der Waals surface area contributed by atoms with E-state index in [1.54, 1.807) is 4.90 Å². The summed E-state index contributed by atoms with van der Waals surface area (Å²) in [6.45, 7) is 0. The number of nitrogens with zero attached hydrogens (tertiary/aromatic N) is 1. The second kappa shape index (κ2) is 5.89. The fourth-order valence-electron chi connectivity index (χ4n) is 3.00. The Morgan fingerprint density at radius 1 is 1.18 bits per heavy atom.